The number of aliphatic hydroxyl groups is 3. The first-order valence-corrected chi connectivity index (χ1v) is 23.9. The minimum absolute atomic E-state index is 0.0220. The van der Waals surface area contributed by atoms with Gasteiger partial charge in [0.1, 0.15) is 18.2 Å². The van der Waals surface area contributed by atoms with E-state index in [2.05, 4.69) is 0 Å². The minimum Gasteiger partial charge on any atom is -0.460 e. The molecule has 1 saturated carbocycles. The Balaban J connectivity index is 1.70. The average Bonchev–Trinajstić information content (AvgIpc) is 3.28. The SMILES string of the molecule is CO[C@H]1C[C@@H]2CC[C@@H](C)[C@@](O)(O2)C(=O)C(=O)N2CCCCC2C(=O)OC([C@H](C)CC2CC[C@@H](O)[C@H](OC)C2)CC(=O)C(C)=CC(C)[C@@H](O)[C@@H](OC)C(=O)[C@H](C)C[C@H](C)C=CC=CC=C1C. The number of hydrogen-bond acceptors (Lipinski definition) is 13. The van der Waals surface area contributed by atoms with Crippen LogP contribution >= 0.6 is 0 Å². The van der Waals surface area contributed by atoms with E-state index in [0.717, 1.165) is 12.0 Å². The summed E-state index contributed by atoms with van der Waals surface area (Å²) in [4.78, 5) is 71.7. The molecule has 4 aliphatic rings. The van der Waals surface area contributed by atoms with Crippen molar-refractivity contribution in [2.24, 2.45) is 35.5 Å². The first kappa shape index (κ1) is 54.2. The van der Waals surface area contributed by atoms with Crippen LogP contribution in [0, 0.1) is 35.5 Å². The van der Waals surface area contributed by atoms with Crippen molar-refractivity contribution >= 4 is 29.2 Å². The van der Waals surface area contributed by atoms with E-state index in [4.69, 9.17) is 23.7 Å². The highest BCUT2D eigenvalue weighted by Gasteiger charge is 2.53. The van der Waals surface area contributed by atoms with Gasteiger partial charge in [-0.3, -0.25) is 19.2 Å². The number of amides is 1. The molecule has 1 amide bonds. The summed E-state index contributed by atoms with van der Waals surface area (Å²) in [6.45, 7) is 12.7. The number of hydrogen-bond donors (Lipinski definition) is 3. The predicted octanol–water partition coefficient (Wildman–Crippen LogP) is 6.18. The van der Waals surface area contributed by atoms with E-state index in [0.29, 0.717) is 63.4 Å². The number of allylic oxidation sites excluding steroid dienone is 6. The fraction of sp³-hybridized carbons (Fsp3) is 0.745. The van der Waals surface area contributed by atoms with Crippen molar-refractivity contribution in [3.8, 4) is 0 Å². The number of aliphatic hydroxyl groups excluding tert-OH is 2. The zero-order valence-corrected chi connectivity index (χ0v) is 40.6. The number of rotatable bonds is 6. The van der Waals surface area contributed by atoms with Gasteiger partial charge in [-0.25, -0.2) is 4.79 Å². The van der Waals surface area contributed by atoms with Crippen LogP contribution in [-0.4, -0.2) is 132 Å². The van der Waals surface area contributed by atoms with Crippen molar-refractivity contribution < 1.29 is 63.0 Å². The molecule has 0 aromatic heterocycles. The molecular formula is C51H79NO13. The summed E-state index contributed by atoms with van der Waals surface area (Å²) in [6, 6.07) is -1.14. The van der Waals surface area contributed by atoms with Crippen molar-refractivity contribution in [2.75, 3.05) is 27.9 Å². The van der Waals surface area contributed by atoms with E-state index >= 15 is 0 Å². The number of ether oxygens (including phenoxy) is 5. The summed E-state index contributed by atoms with van der Waals surface area (Å²) in [6.07, 6.45) is 11.2. The van der Waals surface area contributed by atoms with Crippen molar-refractivity contribution in [1.29, 1.82) is 0 Å². The van der Waals surface area contributed by atoms with Crippen molar-refractivity contribution in [1.82, 2.24) is 4.90 Å². The molecule has 14 heteroatoms. The first-order chi connectivity index (χ1) is 30.7. The minimum atomic E-state index is -2.43. The lowest BCUT2D eigenvalue weighted by Gasteiger charge is -2.42. The number of Topliss-reactive ketones (excluding diaryl/α,β-unsaturated/α-hetero) is 3. The number of carbonyl (C=O) groups is 5. The van der Waals surface area contributed by atoms with Crippen molar-refractivity contribution in [3.05, 3.63) is 47.6 Å². The third kappa shape index (κ3) is 14.3. The van der Waals surface area contributed by atoms with Crippen LogP contribution in [0.3, 0.4) is 0 Å². The molecule has 4 rings (SSSR count). The maximum atomic E-state index is 14.4. The number of methoxy groups -OCH3 is 3. The Morgan fingerprint density at radius 3 is 2.26 bits per heavy atom. The zero-order chi connectivity index (χ0) is 48.2. The van der Waals surface area contributed by atoms with Crippen LogP contribution in [0.2, 0.25) is 0 Å². The summed E-state index contributed by atoms with van der Waals surface area (Å²) < 4.78 is 29.4. The highest BCUT2D eigenvalue weighted by molar-refractivity contribution is 6.39. The number of nitrogens with zero attached hydrogens (tertiary/aromatic N) is 1. The molecule has 14 nitrogen and oxygen atoms in total. The molecule has 3 heterocycles. The van der Waals surface area contributed by atoms with Gasteiger partial charge in [-0.1, -0.05) is 71.1 Å². The third-order valence-corrected chi connectivity index (χ3v) is 14.5. The van der Waals surface area contributed by atoms with E-state index in [9.17, 15) is 39.3 Å². The first-order valence-electron chi connectivity index (χ1n) is 23.9. The number of fused-ring (bicyclic) bond motifs is 3. The topological polar surface area (TPSA) is 195 Å². The van der Waals surface area contributed by atoms with E-state index in [1.807, 2.05) is 58.1 Å². The highest BCUT2D eigenvalue weighted by atomic mass is 16.6. The van der Waals surface area contributed by atoms with Crippen LogP contribution < -0.4 is 0 Å². The van der Waals surface area contributed by atoms with E-state index in [1.165, 1.54) is 12.0 Å². The van der Waals surface area contributed by atoms with Gasteiger partial charge in [0.15, 0.2) is 11.6 Å². The van der Waals surface area contributed by atoms with Crippen LogP contribution in [-0.2, 0) is 47.7 Å². The molecule has 15 atom stereocenters. The fourth-order valence-electron chi connectivity index (χ4n) is 10.1. The van der Waals surface area contributed by atoms with Gasteiger partial charge in [0.05, 0.1) is 30.5 Å². The molecule has 3 N–H and O–H groups in total. The molecule has 3 fully saturated rings. The number of esters is 1. The lowest BCUT2D eigenvalue weighted by Crippen LogP contribution is -2.61. The molecule has 366 valence electrons. The molecule has 3 aliphatic heterocycles. The molecule has 1 aliphatic carbocycles. The van der Waals surface area contributed by atoms with Gasteiger partial charge in [-0.05, 0) is 107 Å². The number of cyclic esters (lactones) is 1. The maximum Gasteiger partial charge on any atom is 0.329 e. The van der Waals surface area contributed by atoms with E-state index in [-0.39, 0.29) is 54.8 Å². The smallest absolute Gasteiger partial charge is 0.329 e. The second kappa shape index (κ2) is 25.1. The van der Waals surface area contributed by atoms with Gasteiger partial charge in [0.25, 0.3) is 11.7 Å². The van der Waals surface area contributed by atoms with Crippen LogP contribution in [0.25, 0.3) is 0 Å². The quantitative estimate of drug-likeness (QED) is 0.202. The molecule has 0 radical (unpaired) electrons. The Morgan fingerprint density at radius 1 is 0.862 bits per heavy atom. The molecular weight excluding hydrogens is 835 g/mol. The van der Waals surface area contributed by atoms with Gasteiger partial charge in [0, 0.05) is 58.5 Å². The van der Waals surface area contributed by atoms with Gasteiger partial charge >= 0.3 is 5.97 Å². The number of ketones is 3. The van der Waals surface area contributed by atoms with Crippen LogP contribution in [0.15, 0.2) is 47.6 Å². The van der Waals surface area contributed by atoms with E-state index in [1.54, 1.807) is 41.1 Å². The number of piperidine rings is 1. The Morgan fingerprint density at radius 2 is 1.58 bits per heavy atom. The van der Waals surface area contributed by atoms with Crippen LogP contribution in [0.5, 0.6) is 0 Å². The zero-order valence-electron chi connectivity index (χ0n) is 40.6. The maximum absolute atomic E-state index is 14.4. The molecule has 0 aromatic rings. The Kier molecular flexibility index (Phi) is 21.0. The lowest BCUT2D eigenvalue weighted by molar-refractivity contribution is -0.265. The molecule has 0 spiro atoms. The fourth-order valence-corrected chi connectivity index (χ4v) is 10.1. The standard InChI is InChI=1S/C51H79NO13/c1-30-16-12-11-13-17-31(2)42(61-8)28-38-21-19-36(7)51(60,65-38)48(57)49(58)52-23-15-14-18-39(52)50(59)64-43(33(4)26-37-20-22-40(53)44(27-37)62-9)29-41(54)32(3)25-35(6)46(56)47(63-10)45(55)34(5)24-30/h11-13,16-17,25,30,33-40,42-44,46-47,53,56,60H,14-15,18-24,26-29H2,1-10H3/t30-,33-,34-,35?,36-,37?,38+,39?,40-,42+,43?,44-,46-,47+,51-/m1/s1. The largest absolute Gasteiger partial charge is 0.460 e. The summed E-state index contributed by atoms with van der Waals surface area (Å²) in [5.41, 5.74) is 1.19. The second-order valence-electron chi connectivity index (χ2n) is 19.6. The summed E-state index contributed by atoms with van der Waals surface area (Å²) >= 11 is 0. The van der Waals surface area contributed by atoms with Gasteiger partial charge in [0.2, 0.25) is 5.79 Å². The predicted molar refractivity (Wildman–Crippen MR) is 245 cm³/mol. The molecule has 0 aromatic carbocycles. The highest BCUT2D eigenvalue weighted by Crippen LogP contribution is 2.38. The summed E-state index contributed by atoms with van der Waals surface area (Å²) in [7, 11) is 4.53. The Hall–Kier alpha value is -3.37. The monoisotopic (exact) mass is 914 g/mol. The molecule has 2 saturated heterocycles. The number of carbonyl (C=O) groups excluding carboxylic acids is 5. The molecule has 65 heavy (non-hydrogen) atoms. The molecule has 2 bridgehead atoms. The molecule has 4 unspecified atom stereocenters. The third-order valence-electron chi connectivity index (χ3n) is 14.5. The van der Waals surface area contributed by atoms with Gasteiger partial charge in [-0.15, -0.1) is 0 Å². The van der Waals surface area contributed by atoms with E-state index < -0.39 is 83.9 Å². The average molecular weight is 914 g/mol. The summed E-state index contributed by atoms with van der Waals surface area (Å²) in [5.74, 6) is -7.93. The Labute approximate surface area is 387 Å². The van der Waals surface area contributed by atoms with Gasteiger partial charge < -0.3 is 43.9 Å². The van der Waals surface area contributed by atoms with Crippen LogP contribution in [0.4, 0.5) is 0 Å². The van der Waals surface area contributed by atoms with Gasteiger partial charge in [-0.2, -0.15) is 0 Å². The van der Waals surface area contributed by atoms with Crippen LogP contribution in [0.1, 0.15) is 126 Å². The second-order valence-corrected chi connectivity index (χ2v) is 19.6. The summed E-state index contributed by atoms with van der Waals surface area (Å²) in [5, 5.41) is 33.9. The van der Waals surface area contributed by atoms with Crippen molar-refractivity contribution in [2.45, 2.75) is 180 Å². The normalized spacial score (nSPS) is 37.8. The Bertz CT molecular complexity index is 1760. The van der Waals surface area contributed by atoms with Crippen molar-refractivity contribution in [3.63, 3.8) is 0 Å². The lowest BCUT2D eigenvalue weighted by atomic mass is 9.78.